The van der Waals surface area contributed by atoms with E-state index >= 15 is 0 Å². The summed E-state index contributed by atoms with van der Waals surface area (Å²) in [6.07, 6.45) is 2.27. The third-order valence-corrected chi connectivity index (χ3v) is 3.98. The number of carbonyl (C=O) groups is 1. The first-order valence-corrected chi connectivity index (χ1v) is 7.34. The average Bonchev–Trinajstić information content (AvgIpc) is 2.11. The zero-order chi connectivity index (χ0) is 11.9. The Morgan fingerprint density at radius 3 is 2.60 bits per heavy atom. The van der Waals surface area contributed by atoms with Gasteiger partial charge >= 0.3 is 5.97 Å². The molecule has 0 saturated carbocycles. The van der Waals surface area contributed by atoms with Crippen molar-refractivity contribution < 1.29 is 19.0 Å². The Hall–Kier alpha value is -0.380. The van der Waals surface area contributed by atoms with Crippen LogP contribution in [0.4, 0.5) is 0 Å². The molecule has 90 valence electrons. The van der Waals surface area contributed by atoms with Gasteiger partial charge in [0.05, 0.1) is 6.61 Å². The van der Waals surface area contributed by atoms with Crippen LogP contribution in [-0.4, -0.2) is 36.6 Å². The Balaban J connectivity index is 3.62. The molecule has 0 bridgehead atoms. The highest BCUT2D eigenvalue weighted by atomic mass is 31.2. The molecular formula is C9H20NO4P. The van der Waals surface area contributed by atoms with Crippen molar-refractivity contribution in [3.05, 3.63) is 0 Å². The van der Waals surface area contributed by atoms with Crippen LogP contribution >= 0.6 is 7.37 Å². The summed E-state index contributed by atoms with van der Waals surface area (Å²) in [6, 6.07) is -0.812. The van der Waals surface area contributed by atoms with E-state index in [-0.39, 0.29) is 0 Å². The smallest absolute Gasteiger partial charge is 0.320 e. The molecule has 0 aliphatic rings. The van der Waals surface area contributed by atoms with Crippen LogP contribution in [0, 0.1) is 0 Å². The lowest BCUT2D eigenvalue weighted by molar-refractivity contribution is -0.138. The summed E-state index contributed by atoms with van der Waals surface area (Å²) < 4.78 is 16.7. The second kappa shape index (κ2) is 6.99. The monoisotopic (exact) mass is 237 g/mol. The molecule has 15 heavy (non-hydrogen) atoms. The molecule has 3 N–H and O–H groups in total. The highest BCUT2D eigenvalue weighted by Crippen LogP contribution is 2.43. The van der Waals surface area contributed by atoms with Gasteiger partial charge in [0.2, 0.25) is 0 Å². The SMILES string of the molecule is CCOP(C)(=O)CCCC[C@H](N)C(=O)O. The van der Waals surface area contributed by atoms with Gasteiger partial charge in [-0.1, -0.05) is 6.42 Å². The van der Waals surface area contributed by atoms with Crippen LogP contribution < -0.4 is 5.73 Å². The minimum Gasteiger partial charge on any atom is -0.480 e. The summed E-state index contributed by atoms with van der Waals surface area (Å²) in [5.41, 5.74) is 5.33. The van der Waals surface area contributed by atoms with Crippen molar-refractivity contribution in [3.8, 4) is 0 Å². The fraction of sp³-hybridized carbons (Fsp3) is 0.889. The van der Waals surface area contributed by atoms with Crippen LogP contribution in [0.25, 0.3) is 0 Å². The molecule has 0 rings (SSSR count). The van der Waals surface area contributed by atoms with Gasteiger partial charge in [-0.15, -0.1) is 0 Å². The van der Waals surface area contributed by atoms with Crippen LogP contribution in [0.3, 0.4) is 0 Å². The van der Waals surface area contributed by atoms with Gasteiger partial charge in [0.25, 0.3) is 0 Å². The van der Waals surface area contributed by atoms with Gasteiger partial charge in [0, 0.05) is 12.8 Å². The molecule has 0 aliphatic carbocycles. The molecule has 0 aromatic heterocycles. The Kier molecular flexibility index (Phi) is 6.81. The second-order valence-corrected chi connectivity index (χ2v) is 6.33. The molecule has 6 heteroatoms. The van der Waals surface area contributed by atoms with Crippen molar-refractivity contribution in [2.24, 2.45) is 5.73 Å². The van der Waals surface area contributed by atoms with Gasteiger partial charge in [-0.3, -0.25) is 9.36 Å². The quantitative estimate of drug-likeness (QED) is 0.493. The van der Waals surface area contributed by atoms with Gasteiger partial charge in [-0.25, -0.2) is 0 Å². The molecule has 0 radical (unpaired) electrons. The molecule has 0 heterocycles. The van der Waals surface area contributed by atoms with E-state index in [9.17, 15) is 9.36 Å². The number of unbranched alkanes of at least 4 members (excludes halogenated alkanes) is 1. The number of hydrogen-bond acceptors (Lipinski definition) is 4. The number of nitrogens with two attached hydrogens (primary N) is 1. The number of hydrogen-bond donors (Lipinski definition) is 2. The summed E-state index contributed by atoms with van der Waals surface area (Å²) in [7, 11) is -2.46. The lowest BCUT2D eigenvalue weighted by atomic mass is 10.1. The summed E-state index contributed by atoms with van der Waals surface area (Å²) in [5, 5.41) is 8.52. The molecule has 0 saturated heterocycles. The third-order valence-electron chi connectivity index (χ3n) is 2.05. The Bertz CT molecular complexity index is 244. The predicted molar refractivity (Wildman–Crippen MR) is 59.5 cm³/mol. The van der Waals surface area contributed by atoms with Gasteiger partial charge in [-0.05, 0) is 19.8 Å². The van der Waals surface area contributed by atoms with Crippen LogP contribution in [0.15, 0.2) is 0 Å². The van der Waals surface area contributed by atoms with Crippen LogP contribution in [-0.2, 0) is 13.9 Å². The molecule has 1 unspecified atom stereocenters. The fourth-order valence-electron chi connectivity index (χ4n) is 1.22. The maximum Gasteiger partial charge on any atom is 0.320 e. The number of carboxylic acids is 1. The first-order chi connectivity index (χ1) is 6.89. The molecule has 5 nitrogen and oxygen atoms in total. The van der Waals surface area contributed by atoms with E-state index in [1.165, 1.54) is 0 Å². The van der Waals surface area contributed by atoms with Gasteiger partial charge in [0.1, 0.15) is 6.04 Å². The predicted octanol–water partition coefficient (Wildman–Crippen LogP) is 1.51. The first kappa shape index (κ1) is 14.6. The topological polar surface area (TPSA) is 89.6 Å². The Labute approximate surface area is 90.4 Å². The van der Waals surface area contributed by atoms with Crippen LogP contribution in [0.1, 0.15) is 26.2 Å². The third kappa shape index (κ3) is 7.54. The number of rotatable bonds is 8. The largest absolute Gasteiger partial charge is 0.480 e. The van der Waals surface area contributed by atoms with Crippen LogP contribution in [0.2, 0.25) is 0 Å². The summed E-state index contributed by atoms with van der Waals surface area (Å²) >= 11 is 0. The summed E-state index contributed by atoms with van der Waals surface area (Å²) in [4.78, 5) is 10.4. The van der Waals surface area contributed by atoms with Gasteiger partial charge in [0.15, 0.2) is 7.37 Å². The van der Waals surface area contributed by atoms with Crippen molar-refractivity contribution in [2.75, 3.05) is 19.4 Å². The highest BCUT2D eigenvalue weighted by molar-refractivity contribution is 7.58. The maximum absolute atomic E-state index is 11.6. The first-order valence-electron chi connectivity index (χ1n) is 5.08. The van der Waals surface area contributed by atoms with Gasteiger partial charge < -0.3 is 15.4 Å². The molecule has 0 aliphatic heterocycles. The van der Waals surface area contributed by atoms with Gasteiger partial charge in [-0.2, -0.15) is 0 Å². The molecule has 0 amide bonds. The number of carboxylic acid groups (broad SMARTS) is 1. The van der Waals surface area contributed by atoms with Crippen molar-refractivity contribution in [1.29, 1.82) is 0 Å². The molecule has 0 fully saturated rings. The lowest BCUT2D eigenvalue weighted by Crippen LogP contribution is -2.29. The highest BCUT2D eigenvalue weighted by Gasteiger charge is 2.15. The van der Waals surface area contributed by atoms with Crippen molar-refractivity contribution in [1.82, 2.24) is 0 Å². The maximum atomic E-state index is 11.6. The molecule has 2 atom stereocenters. The zero-order valence-electron chi connectivity index (χ0n) is 9.31. The van der Waals surface area contributed by atoms with E-state index in [0.29, 0.717) is 32.0 Å². The summed E-state index contributed by atoms with van der Waals surface area (Å²) in [6.45, 7) is 3.85. The van der Waals surface area contributed by atoms with Crippen molar-refractivity contribution >= 4 is 13.3 Å². The minimum atomic E-state index is -2.46. The average molecular weight is 237 g/mol. The number of aliphatic carboxylic acids is 1. The zero-order valence-corrected chi connectivity index (χ0v) is 10.2. The van der Waals surface area contributed by atoms with Crippen molar-refractivity contribution in [3.63, 3.8) is 0 Å². The van der Waals surface area contributed by atoms with E-state index in [1.807, 2.05) is 0 Å². The Morgan fingerprint density at radius 1 is 1.53 bits per heavy atom. The van der Waals surface area contributed by atoms with Crippen molar-refractivity contribution in [2.45, 2.75) is 32.2 Å². The minimum absolute atomic E-state index is 0.418. The lowest BCUT2D eigenvalue weighted by Gasteiger charge is -2.12. The molecule has 0 spiro atoms. The van der Waals surface area contributed by atoms with E-state index < -0.39 is 19.4 Å². The van der Waals surface area contributed by atoms with E-state index in [0.717, 1.165) is 0 Å². The van der Waals surface area contributed by atoms with E-state index in [2.05, 4.69) is 0 Å². The van der Waals surface area contributed by atoms with E-state index in [4.69, 9.17) is 15.4 Å². The van der Waals surface area contributed by atoms with Crippen LogP contribution in [0.5, 0.6) is 0 Å². The molecule has 0 aromatic rings. The molecular weight excluding hydrogens is 217 g/mol. The standard InChI is InChI=1S/C9H20NO4P/c1-3-14-15(2,13)7-5-4-6-8(10)9(11)12/h8H,3-7,10H2,1-2H3,(H,11,12)/t8-,15?/m0/s1. The molecule has 0 aromatic carbocycles. The second-order valence-electron chi connectivity index (χ2n) is 3.60. The Morgan fingerprint density at radius 2 is 2.13 bits per heavy atom. The fourth-order valence-corrected chi connectivity index (χ4v) is 2.70. The normalized spacial score (nSPS) is 17.0. The van der Waals surface area contributed by atoms with E-state index in [1.54, 1.807) is 13.6 Å². The summed E-state index contributed by atoms with van der Waals surface area (Å²) in [5.74, 6) is -0.987.